The normalized spacial score (nSPS) is 13.2. The van der Waals surface area contributed by atoms with Crippen LogP contribution in [0.5, 0.6) is 5.75 Å². The van der Waals surface area contributed by atoms with Crippen molar-refractivity contribution in [2.75, 3.05) is 32.1 Å². The number of benzene rings is 1. The number of ether oxygens (including phenoxy) is 1. The Bertz CT molecular complexity index is 516. The van der Waals surface area contributed by atoms with E-state index in [0.717, 1.165) is 5.56 Å². The molecule has 0 unspecified atom stereocenters. The van der Waals surface area contributed by atoms with Crippen LogP contribution in [0.3, 0.4) is 0 Å². The number of amides is 2. The first-order valence-corrected chi connectivity index (χ1v) is 6.60. The van der Waals surface area contributed by atoms with Gasteiger partial charge in [0.1, 0.15) is 5.75 Å². The SMILES string of the molecule is CCN(C)C(=O)CNCc1ccc2c(c1)NC(=O)CO2. The second kappa shape index (κ2) is 6.38. The van der Waals surface area contributed by atoms with Crippen molar-refractivity contribution in [3.8, 4) is 5.75 Å². The molecule has 0 aliphatic carbocycles. The van der Waals surface area contributed by atoms with Gasteiger partial charge in [0.15, 0.2) is 6.61 Å². The van der Waals surface area contributed by atoms with Crippen molar-refractivity contribution in [2.45, 2.75) is 13.5 Å². The second-order valence-electron chi connectivity index (χ2n) is 4.68. The molecule has 1 aromatic rings. The Labute approximate surface area is 118 Å². The molecular weight excluding hydrogens is 258 g/mol. The summed E-state index contributed by atoms with van der Waals surface area (Å²) in [6.45, 7) is 3.55. The van der Waals surface area contributed by atoms with Crippen LogP contribution in [-0.2, 0) is 16.1 Å². The van der Waals surface area contributed by atoms with Gasteiger partial charge >= 0.3 is 0 Å². The minimum absolute atomic E-state index is 0.0575. The Hall–Kier alpha value is -2.08. The maximum Gasteiger partial charge on any atom is 0.262 e. The first-order chi connectivity index (χ1) is 9.60. The molecule has 0 aromatic heterocycles. The average Bonchev–Trinajstić information content (AvgIpc) is 2.45. The van der Waals surface area contributed by atoms with Crippen molar-refractivity contribution in [1.82, 2.24) is 10.2 Å². The summed E-state index contributed by atoms with van der Waals surface area (Å²) >= 11 is 0. The predicted octanol–water partition coefficient (Wildman–Crippen LogP) is 0.585. The zero-order valence-corrected chi connectivity index (χ0v) is 11.7. The van der Waals surface area contributed by atoms with Crippen LogP contribution in [0.15, 0.2) is 18.2 Å². The Morgan fingerprint density at radius 2 is 2.30 bits per heavy atom. The quantitative estimate of drug-likeness (QED) is 0.826. The van der Waals surface area contributed by atoms with Gasteiger partial charge in [0, 0.05) is 20.1 Å². The van der Waals surface area contributed by atoms with E-state index < -0.39 is 0 Å². The molecule has 6 nitrogen and oxygen atoms in total. The number of hydrogen-bond donors (Lipinski definition) is 2. The minimum Gasteiger partial charge on any atom is -0.482 e. The fourth-order valence-corrected chi connectivity index (χ4v) is 1.87. The Morgan fingerprint density at radius 1 is 1.50 bits per heavy atom. The fourth-order valence-electron chi connectivity index (χ4n) is 1.87. The summed E-state index contributed by atoms with van der Waals surface area (Å²) < 4.78 is 5.29. The Balaban J connectivity index is 1.89. The molecule has 1 aromatic carbocycles. The molecular formula is C14H19N3O3. The van der Waals surface area contributed by atoms with Gasteiger partial charge < -0.3 is 20.3 Å². The number of anilines is 1. The average molecular weight is 277 g/mol. The van der Waals surface area contributed by atoms with Crippen LogP contribution in [0.2, 0.25) is 0 Å². The van der Waals surface area contributed by atoms with Gasteiger partial charge in [-0.2, -0.15) is 0 Å². The van der Waals surface area contributed by atoms with Crippen molar-refractivity contribution in [3.05, 3.63) is 23.8 Å². The third-order valence-electron chi connectivity index (χ3n) is 3.18. The van der Waals surface area contributed by atoms with Gasteiger partial charge in [-0.3, -0.25) is 9.59 Å². The highest BCUT2D eigenvalue weighted by Crippen LogP contribution is 2.28. The van der Waals surface area contributed by atoms with Crippen molar-refractivity contribution < 1.29 is 14.3 Å². The maximum absolute atomic E-state index is 11.6. The number of rotatable bonds is 5. The fraction of sp³-hybridized carbons (Fsp3) is 0.429. The van der Waals surface area contributed by atoms with E-state index in [9.17, 15) is 9.59 Å². The molecule has 2 rings (SSSR count). The number of likely N-dealkylation sites (N-methyl/N-ethyl adjacent to an activating group) is 1. The maximum atomic E-state index is 11.6. The number of nitrogens with one attached hydrogen (secondary N) is 2. The Kier molecular flexibility index (Phi) is 4.57. The number of fused-ring (bicyclic) bond motifs is 1. The summed E-state index contributed by atoms with van der Waals surface area (Å²) in [5.74, 6) is 0.583. The molecule has 0 fully saturated rings. The van der Waals surface area contributed by atoms with Gasteiger partial charge in [-0.05, 0) is 24.6 Å². The third-order valence-corrected chi connectivity index (χ3v) is 3.18. The molecule has 1 heterocycles. The van der Waals surface area contributed by atoms with Gasteiger partial charge in [-0.1, -0.05) is 6.07 Å². The van der Waals surface area contributed by atoms with Crippen molar-refractivity contribution in [1.29, 1.82) is 0 Å². The van der Waals surface area contributed by atoms with Crippen LogP contribution in [-0.4, -0.2) is 43.5 Å². The van der Waals surface area contributed by atoms with Crippen molar-refractivity contribution in [2.24, 2.45) is 0 Å². The van der Waals surface area contributed by atoms with Crippen LogP contribution in [0, 0.1) is 0 Å². The standard InChI is InChI=1S/C14H19N3O3/c1-3-17(2)14(19)8-15-7-10-4-5-12-11(6-10)16-13(18)9-20-12/h4-6,15H,3,7-9H2,1-2H3,(H,16,18). The molecule has 1 aliphatic heterocycles. The summed E-state index contributed by atoms with van der Waals surface area (Å²) in [4.78, 5) is 24.5. The van der Waals surface area contributed by atoms with Crippen molar-refractivity contribution >= 4 is 17.5 Å². The van der Waals surface area contributed by atoms with E-state index in [0.29, 0.717) is 31.1 Å². The summed E-state index contributed by atoms with van der Waals surface area (Å²) in [6.07, 6.45) is 0. The van der Waals surface area contributed by atoms with E-state index in [1.165, 1.54) is 0 Å². The first-order valence-electron chi connectivity index (χ1n) is 6.60. The van der Waals surface area contributed by atoms with E-state index in [1.807, 2.05) is 25.1 Å². The van der Waals surface area contributed by atoms with Crippen molar-refractivity contribution in [3.63, 3.8) is 0 Å². The molecule has 108 valence electrons. The highest BCUT2D eigenvalue weighted by atomic mass is 16.5. The molecule has 0 spiro atoms. The van der Waals surface area contributed by atoms with Gasteiger partial charge in [-0.25, -0.2) is 0 Å². The molecule has 1 aliphatic rings. The number of carbonyl (C=O) groups excluding carboxylic acids is 2. The zero-order chi connectivity index (χ0) is 14.5. The van der Waals surface area contributed by atoms with Crippen LogP contribution in [0.1, 0.15) is 12.5 Å². The van der Waals surface area contributed by atoms with E-state index in [2.05, 4.69) is 10.6 Å². The largest absolute Gasteiger partial charge is 0.482 e. The molecule has 0 saturated heterocycles. The molecule has 0 atom stereocenters. The molecule has 0 radical (unpaired) electrons. The third kappa shape index (κ3) is 3.48. The first kappa shape index (κ1) is 14.3. The topological polar surface area (TPSA) is 70.7 Å². The molecule has 20 heavy (non-hydrogen) atoms. The smallest absolute Gasteiger partial charge is 0.262 e. The van der Waals surface area contributed by atoms with E-state index in [1.54, 1.807) is 11.9 Å². The summed E-state index contributed by atoms with van der Waals surface area (Å²) in [6, 6.07) is 5.59. The van der Waals surface area contributed by atoms with Crippen LogP contribution < -0.4 is 15.4 Å². The highest BCUT2D eigenvalue weighted by molar-refractivity contribution is 5.95. The lowest BCUT2D eigenvalue weighted by atomic mass is 10.1. The zero-order valence-electron chi connectivity index (χ0n) is 11.7. The van der Waals surface area contributed by atoms with Gasteiger partial charge in [-0.15, -0.1) is 0 Å². The molecule has 2 N–H and O–H groups in total. The van der Waals surface area contributed by atoms with Gasteiger partial charge in [0.05, 0.1) is 12.2 Å². The van der Waals surface area contributed by atoms with Crippen LogP contribution in [0.4, 0.5) is 5.69 Å². The lowest BCUT2D eigenvalue weighted by Crippen LogP contribution is -2.35. The van der Waals surface area contributed by atoms with Crippen LogP contribution >= 0.6 is 0 Å². The summed E-state index contributed by atoms with van der Waals surface area (Å²) in [7, 11) is 1.77. The Morgan fingerprint density at radius 3 is 3.05 bits per heavy atom. The monoisotopic (exact) mass is 277 g/mol. The van der Waals surface area contributed by atoms with E-state index in [4.69, 9.17) is 4.74 Å². The molecule has 6 heteroatoms. The molecule has 0 saturated carbocycles. The summed E-state index contributed by atoms with van der Waals surface area (Å²) in [5.41, 5.74) is 1.67. The van der Waals surface area contributed by atoms with Gasteiger partial charge in [0.25, 0.3) is 5.91 Å². The predicted molar refractivity (Wildman–Crippen MR) is 75.6 cm³/mol. The van der Waals surface area contributed by atoms with Gasteiger partial charge in [0.2, 0.25) is 5.91 Å². The van der Waals surface area contributed by atoms with E-state index >= 15 is 0 Å². The lowest BCUT2D eigenvalue weighted by molar-refractivity contribution is -0.128. The number of hydrogen-bond acceptors (Lipinski definition) is 4. The number of nitrogens with zero attached hydrogens (tertiary/aromatic N) is 1. The molecule has 2 amide bonds. The van der Waals surface area contributed by atoms with Crippen LogP contribution in [0.25, 0.3) is 0 Å². The van der Waals surface area contributed by atoms with E-state index in [-0.39, 0.29) is 18.4 Å². The summed E-state index contributed by atoms with van der Waals surface area (Å²) in [5, 5.41) is 5.85. The lowest BCUT2D eigenvalue weighted by Gasteiger charge is -2.19. The highest BCUT2D eigenvalue weighted by Gasteiger charge is 2.15. The molecule has 0 bridgehead atoms. The minimum atomic E-state index is -0.151. The number of carbonyl (C=O) groups is 2. The second-order valence-corrected chi connectivity index (χ2v) is 4.68.